The number of primary sulfonamides is 1. The molecular formula is C16H17N3O5S. The van der Waals surface area contributed by atoms with Crippen LogP contribution in [0.25, 0.3) is 0 Å². The number of carbonyl (C=O) groups is 2. The number of sulfonamides is 1. The number of aromatic hydroxyl groups is 1. The standard InChI is InChI=1S/C16H17N3O5S/c17-25(23,24)12-7-5-11(6-8-12)9-10-18-15(21)16(22)19-13-3-1-2-4-14(13)20/h1-8,20H,9-10H2,(H,18,21)(H,19,22)(H2,17,23,24). The van der Waals surface area contributed by atoms with Gasteiger partial charge in [-0.05, 0) is 36.2 Å². The fourth-order valence-electron chi connectivity index (χ4n) is 2.00. The number of para-hydroxylation sites is 2. The summed E-state index contributed by atoms with van der Waals surface area (Å²) >= 11 is 0. The van der Waals surface area contributed by atoms with Gasteiger partial charge in [0.15, 0.2) is 0 Å². The Kier molecular flexibility index (Phi) is 5.73. The van der Waals surface area contributed by atoms with Crippen LogP contribution in [0.1, 0.15) is 5.56 Å². The summed E-state index contributed by atoms with van der Waals surface area (Å²) in [5.41, 5.74) is 0.912. The van der Waals surface area contributed by atoms with Crippen LogP contribution in [-0.4, -0.2) is 31.9 Å². The first-order valence-corrected chi connectivity index (χ1v) is 8.81. The summed E-state index contributed by atoms with van der Waals surface area (Å²) in [6.07, 6.45) is 0.403. The largest absolute Gasteiger partial charge is 0.506 e. The Morgan fingerprint density at radius 2 is 1.64 bits per heavy atom. The Morgan fingerprint density at radius 1 is 1.00 bits per heavy atom. The Morgan fingerprint density at radius 3 is 2.24 bits per heavy atom. The SMILES string of the molecule is NS(=O)(=O)c1ccc(CCNC(=O)C(=O)Nc2ccccc2O)cc1. The maximum Gasteiger partial charge on any atom is 0.313 e. The lowest BCUT2D eigenvalue weighted by Gasteiger charge is -2.08. The molecule has 8 nitrogen and oxygen atoms in total. The monoisotopic (exact) mass is 363 g/mol. The maximum absolute atomic E-state index is 11.7. The minimum atomic E-state index is -3.74. The number of carbonyl (C=O) groups excluding carboxylic acids is 2. The molecule has 0 bridgehead atoms. The molecule has 0 saturated heterocycles. The highest BCUT2D eigenvalue weighted by Gasteiger charge is 2.14. The lowest BCUT2D eigenvalue weighted by atomic mass is 10.1. The Hall–Kier alpha value is -2.91. The summed E-state index contributed by atoms with van der Waals surface area (Å²) < 4.78 is 22.3. The lowest BCUT2D eigenvalue weighted by molar-refractivity contribution is -0.136. The van der Waals surface area contributed by atoms with Crippen LogP contribution in [0, 0.1) is 0 Å². The zero-order valence-corrected chi connectivity index (χ0v) is 13.9. The van der Waals surface area contributed by atoms with Crippen molar-refractivity contribution < 1.29 is 23.1 Å². The number of nitrogens with one attached hydrogen (secondary N) is 2. The van der Waals surface area contributed by atoms with Crippen LogP contribution in [0.4, 0.5) is 5.69 Å². The molecule has 0 spiro atoms. The first-order chi connectivity index (χ1) is 11.8. The Bertz CT molecular complexity index is 879. The number of rotatable bonds is 5. The normalized spacial score (nSPS) is 10.9. The minimum Gasteiger partial charge on any atom is -0.506 e. The number of hydrogen-bond acceptors (Lipinski definition) is 5. The van der Waals surface area contributed by atoms with Crippen LogP contribution in [-0.2, 0) is 26.0 Å². The van der Waals surface area contributed by atoms with Gasteiger partial charge in [0.05, 0.1) is 10.6 Å². The van der Waals surface area contributed by atoms with Gasteiger partial charge in [-0.2, -0.15) is 0 Å². The van der Waals surface area contributed by atoms with Gasteiger partial charge >= 0.3 is 11.8 Å². The summed E-state index contributed by atoms with van der Waals surface area (Å²) in [4.78, 5) is 23.5. The molecule has 0 heterocycles. The molecule has 5 N–H and O–H groups in total. The molecule has 0 unspecified atom stereocenters. The molecule has 132 valence electrons. The number of phenols is 1. The predicted molar refractivity (Wildman–Crippen MR) is 91.3 cm³/mol. The van der Waals surface area contributed by atoms with E-state index in [-0.39, 0.29) is 22.9 Å². The molecule has 0 saturated carbocycles. The molecule has 0 radical (unpaired) electrons. The highest BCUT2D eigenvalue weighted by atomic mass is 32.2. The van der Waals surface area contributed by atoms with E-state index in [4.69, 9.17) is 5.14 Å². The van der Waals surface area contributed by atoms with Crippen LogP contribution in [0.15, 0.2) is 53.4 Å². The second-order valence-electron chi connectivity index (χ2n) is 5.17. The fraction of sp³-hybridized carbons (Fsp3) is 0.125. The van der Waals surface area contributed by atoms with Gasteiger partial charge in [-0.1, -0.05) is 24.3 Å². The van der Waals surface area contributed by atoms with E-state index in [1.54, 1.807) is 24.3 Å². The van der Waals surface area contributed by atoms with Crippen molar-refractivity contribution in [3.05, 3.63) is 54.1 Å². The predicted octanol–water partition coefficient (Wildman–Crippen LogP) is 0.337. The Balaban J connectivity index is 1.84. The second kappa shape index (κ2) is 7.77. The molecule has 2 aromatic carbocycles. The highest BCUT2D eigenvalue weighted by molar-refractivity contribution is 7.89. The van der Waals surface area contributed by atoms with Crippen molar-refractivity contribution in [2.45, 2.75) is 11.3 Å². The smallest absolute Gasteiger partial charge is 0.313 e. The third-order valence-corrected chi connectivity index (χ3v) is 4.24. The van der Waals surface area contributed by atoms with E-state index in [1.807, 2.05) is 0 Å². The van der Waals surface area contributed by atoms with Crippen LogP contribution < -0.4 is 15.8 Å². The maximum atomic E-state index is 11.7. The quantitative estimate of drug-likeness (QED) is 0.448. The molecule has 0 fully saturated rings. The summed E-state index contributed by atoms with van der Waals surface area (Å²) in [5, 5.41) is 19.3. The molecular weight excluding hydrogens is 346 g/mol. The number of amides is 2. The number of hydrogen-bond donors (Lipinski definition) is 4. The van der Waals surface area contributed by atoms with Crippen molar-refractivity contribution in [1.82, 2.24) is 5.32 Å². The molecule has 2 aromatic rings. The van der Waals surface area contributed by atoms with Crippen molar-refractivity contribution in [2.75, 3.05) is 11.9 Å². The average Bonchev–Trinajstić information content (AvgIpc) is 2.56. The van der Waals surface area contributed by atoms with Crippen LogP contribution in [0.2, 0.25) is 0 Å². The van der Waals surface area contributed by atoms with Crippen LogP contribution >= 0.6 is 0 Å². The molecule has 25 heavy (non-hydrogen) atoms. The van der Waals surface area contributed by atoms with Crippen molar-refractivity contribution >= 4 is 27.5 Å². The van der Waals surface area contributed by atoms with Crippen LogP contribution in [0.3, 0.4) is 0 Å². The van der Waals surface area contributed by atoms with E-state index in [0.29, 0.717) is 6.42 Å². The summed E-state index contributed by atoms with van der Waals surface area (Å²) in [5.74, 6) is -1.88. The fourth-order valence-corrected chi connectivity index (χ4v) is 2.52. The van der Waals surface area contributed by atoms with Gasteiger partial charge in [-0.25, -0.2) is 13.6 Å². The zero-order valence-electron chi connectivity index (χ0n) is 13.1. The summed E-state index contributed by atoms with van der Waals surface area (Å²) in [7, 11) is -3.74. The first kappa shape index (κ1) is 18.4. The molecule has 2 rings (SSSR count). The number of benzene rings is 2. The number of anilines is 1. The minimum absolute atomic E-state index is 0.00216. The molecule has 9 heteroatoms. The topological polar surface area (TPSA) is 139 Å². The van der Waals surface area contributed by atoms with E-state index in [0.717, 1.165) is 5.56 Å². The van der Waals surface area contributed by atoms with E-state index in [9.17, 15) is 23.1 Å². The average molecular weight is 363 g/mol. The third-order valence-electron chi connectivity index (χ3n) is 3.31. The number of nitrogens with two attached hydrogens (primary N) is 1. The van der Waals surface area contributed by atoms with Gasteiger partial charge < -0.3 is 15.7 Å². The lowest BCUT2D eigenvalue weighted by Crippen LogP contribution is -2.36. The summed E-state index contributed by atoms with van der Waals surface area (Å²) in [6.45, 7) is 0.182. The molecule has 0 aliphatic carbocycles. The number of phenolic OH excluding ortho intramolecular Hbond substituents is 1. The van der Waals surface area contributed by atoms with Gasteiger partial charge in [-0.3, -0.25) is 9.59 Å². The van der Waals surface area contributed by atoms with E-state index < -0.39 is 21.8 Å². The molecule has 2 amide bonds. The molecule has 0 aliphatic heterocycles. The van der Waals surface area contributed by atoms with Gasteiger partial charge in [0.1, 0.15) is 5.75 Å². The Labute approximate surface area is 144 Å². The van der Waals surface area contributed by atoms with Gasteiger partial charge in [0.2, 0.25) is 10.0 Å². The van der Waals surface area contributed by atoms with Gasteiger partial charge in [0.25, 0.3) is 0 Å². The van der Waals surface area contributed by atoms with Crippen molar-refractivity contribution in [3.8, 4) is 5.75 Å². The zero-order chi connectivity index (χ0) is 18.4. The third kappa shape index (κ3) is 5.30. The first-order valence-electron chi connectivity index (χ1n) is 7.26. The van der Waals surface area contributed by atoms with E-state index in [2.05, 4.69) is 10.6 Å². The molecule has 0 aromatic heterocycles. The van der Waals surface area contributed by atoms with Gasteiger partial charge in [0, 0.05) is 6.54 Å². The van der Waals surface area contributed by atoms with Crippen molar-refractivity contribution in [2.24, 2.45) is 5.14 Å². The molecule has 0 aliphatic rings. The van der Waals surface area contributed by atoms with Crippen molar-refractivity contribution in [1.29, 1.82) is 0 Å². The van der Waals surface area contributed by atoms with Gasteiger partial charge in [-0.15, -0.1) is 0 Å². The van der Waals surface area contributed by atoms with Crippen molar-refractivity contribution in [3.63, 3.8) is 0 Å². The highest BCUT2D eigenvalue weighted by Crippen LogP contribution is 2.21. The summed E-state index contributed by atoms with van der Waals surface area (Å²) in [6, 6.07) is 12.0. The second-order valence-corrected chi connectivity index (χ2v) is 6.73. The van der Waals surface area contributed by atoms with Crippen LogP contribution in [0.5, 0.6) is 5.75 Å². The van der Waals surface area contributed by atoms with E-state index >= 15 is 0 Å². The van der Waals surface area contributed by atoms with E-state index in [1.165, 1.54) is 24.3 Å². The molecule has 0 atom stereocenters.